The Kier molecular flexibility index (Phi) is 7.11. The molecular weight excluding hydrogens is 388 g/mol. The zero-order valence-electron chi connectivity index (χ0n) is 17.6. The number of hydrogen-bond acceptors (Lipinski definition) is 5. The first kappa shape index (κ1) is 20.8. The van der Waals surface area contributed by atoms with Crippen LogP contribution in [0.4, 0.5) is 6.01 Å². The topological polar surface area (TPSA) is 71.3 Å². The number of nitrogens with one attached hydrogen (secondary N) is 1. The second kappa shape index (κ2) is 10.6. The molecule has 2 aromatic carbocycles. The van der Waals surface area contributed by atoms with E-state index in [4.69, 9.17) is 4.42 Å². The van der Waals surface area contributed by atoms with Gasteiger partial charge in [-0.25, -0.2) is 0 Å². The van der Waals surface area contributed by atoms with Crippen molar-refractivity contribution in [2.45, 2.75) is 38.1 Å². The Morgan fingerprint density at radius 3 is 2.35 bits per heavy atom. The van der Waals surface area contributed by atoms with Crippen LogP contribution in [0.15, 0.2) is 71.2 Å². The van der Waals surface area contributed by atoms with Crippen LogP contribution < -0.4 is 10.2 Å². The van der Waals surface area contributed by atoms with Crippen molar-refractivity contribution in [3.8, 4) is 0 Å². The van der Waals surface area contributed by atoms with Gasteiger partial charge in [-0.1, -0.05) is 78.6 Å². The maximum Gasteiger partial charge on any atom is 0.318 e. The number of rotatable bonds is 7. The molecule has 0 aliphatic carbocycles. The van der Waals surface area contributed by atoms with Gasteiger partial charge >= 0.3 is 6.01 Å². The molecule has 3 aromatic rings. The molecule has 4 rings (SSSR count). The summed E-state index contributed by atoms with van der Waals surface area (Å²) in [6.07, 6.45) is 8.65. The minimum absolute atomic E-state index is 0.195. The van der Waals surface area contributed by atoms with Crippen molar-refractivity contribution in [3.63, 3.8) is 0 Å². The fourth-order valence-corrected chi connectivity index (χ4v) is 3.76. The maximum atomic E-state index is 12.6. The normalized spacial score (nSPS) is 15.5. The molecule has 31 heavy (non-hydrogen) atoms. The van der Waals surface area contributed by atoms with E-state index in [1.807, 2.05) is 60.7 Å². The average molecular weight is 417 g/mol. The maximum absolute atomic E-state index is 12.6. The van der Waals surface area contributed by atoms with E-state index >= 15 is 0 Å². The number of benzene rings is 2. The number of amides is 1. The van der Waals surface area contributed by atoms with Gasteiger partial charge in [0.25, 0.3) is 0 Å². The first-order valence-electron chi connectivity index (χ1n) is 10.9. The van der Waals surface area contributed by atoms with E-state index in [2.05, 4.69) is 20.4 Å². The summed E-state index contributed by atoms with van der Waals surface area (Å²) in [6, 6.07) is 19.9. The average Bonchev–Trinajstić information content (AvgIpc) is 3.14. The van der Waals surface area contributed by atoms with E-state index in [0.29, 0.717) is 18.3 Å². The minimum Gasteiger partial charge on any atom is -0.406 e. The molecule has 1 fully saturated rings. The van der Waals surface area contributed by atoms with Gasteiger partial charge in [0.2, 0.25) is 11.8 Å². The Hall–Kier alpha value is -3.41. The highest BCUT2D eigenvalue weighted by molar-refractivity contribution is 5.91. The van der Waals surface area contributed by atoms with Crippen LogP contribution in [0.3, 0.4) is 0 Å². The summed E-state index contributed by atoms with van der Waals surface area (Å²) in [4.78, 5) is 14.8. The van der Waals surface area contributed by atoms with Gasteiger partial charge in [-0.15, -0.1) is 5.10 Å². The lowest BCUT2D eigenvalue weighted by Gasteiger charge is -2.17. The van der Waals surface area contributed by atoms with Crippen molar-refractivity contribution >= 4 is 18.0 Å². The molecule has 1 unspecified atom stereocenters. The zero-order chi connectivity index (χ0) is 21.3. The first-order chi connectivity index (χ1) is 15.3. The Bertz CT molecular complexity index is 977. The van der Waals surface area contributed by atoms with Gasteiger partial charge in [-0.3, -0.25) is 4.79 Å². The highest BCUT2D eigenvalue weighted by Gasteiger charge is 2.23. The monoisotopic (exact) mass is 416 g/mol. The van der Waals surface area contributed by atoms with Crippen LogP contribution in [0.1, 0.15) is 48.7 Å². The van der Waals surface area contributed by atoms with Crippen molar-refractivity contribution in [2.24, 2.45) is 0 Å². The highest BCUT2D eigenvalue weighted by Crippen LogP contribution is 2.23. The molecule has 1 aliphatic heterocycles. The first-order valence-corrected chi connectivity index (χ1v) is 10.9. The standard InChI is InChI=1S/C25H28N4O2/c30-23(16-15-20-11-5-3-6-12-20)26-22(19-21-13-7-4-8-14-21)24-27-28-25(31-24)29-17-9-1-2-10-18-29/h3-8,11-16,22H,1-2,9-10,17-19H2,(H,26,30). The largest absolute Gasteiger partial charge is 0.406 e. The molecule has 6 heteroatoms. The molecule has 0 saturated carbocycles. The predicted octanol–water partition coefficient (Wildman–Crippen LogP) is 4.56. The molecule has 1 N–H and O–H groups in total. The lowest BCUT2D eigenvalue weighted by Crippen LogP contribution is -2.28. The number of aromatic nitrogens is 2. The second-order valence-corrected chi connectivity index (χ2v) is 7.82. The molecule has 0 spiro atoms. The summed E-state index contributed by atoms with van der Waals surface area (Å²) in [6.45, 7) is 1.86. The fraction of sp³-hybridized carbons (Fsp3) is 0.320. The van der Waals surface area contributed by atoms with Crippen molar-refractivity contribution in [3.05, 3.63) is 83.8 Å². The summed E-state index contributed by atoms with van der Waals surface area (Å²) in [5, 5.41) is 11.6. The second-order valence-electron chi connectivity index (χ2n) is 7.82. The van der Waals surface area contributed by atoms with Crippen LogP contribution in [-0.4, -0.2) is 29.2 Å². The van der Waals surface area contributed by atoms with E-state index in [0.717, 1.165) is 37.1 Å². The summed E-state index contributed by atoms with van der Waals surface area (Å²) in [5.74, 6) is 0.240. The van der Waals surface area contributed by atoms with Gasteiger partial charge in [0.15, 0.2) is 0 Å². The molecule has 1 saturated heterocycles. The third-order valence-electron chi connectivity index (χ3n) is 5.43. The van der Waals surface area contributed by atoms with E-state index in [1.54, 1.807) is 12.2 Å². The lowest BCUT2D eigenvalue weighted by atomic mass is 10.1. The molecule has 2 heterocycles. The molecule has 6 nitrogen and oxygen atoms in total. The van der Waals surface area contributed by atoms with E-state index < -0.39 is 6.04 Å². The van der Waals surface area contributed by atoms with Gasteiger partial charge < -0.3 is 14.6 Å². The molecule has 0 bridgehead atoms. The summed E-state index contributed by atoms with van der Waals surface area (Å²) in [7, 11) is 0. The van der Waals surface area contributed by atoms with Gasteiger partial charge in [-0.2, -0.15) is 0 Å². The van der Waals surface area contributed by atoms with Crippen molar-refractivity contribution in [1.82, 2.24) is 15.5 Å². The van der Waals surface area contributed by atoms with E-state index in [9.17, 15) is 4.79 Å². The van der Waals surface area contributed by atoms with Crippen LogP contribution in [0.2, 0.25) is 0 Å². The summed E-state index contributed by atoms with van der Waals surface area (Å²) >= 11 is 0. The molecule has 1 aromatic heterocycles. The number of nitrogens with zero attached hydrogens (tertiary/aromatic N) is 3. The Balaban J connectivity index is 1.50. The van der Waals surface area contributed by atoms with E-state index in [-0.39, 0.29) is 5.91 Å². The third kappa shape index (κ3) is 6.04. The van der Waals surface area contributed by atoms with Crippen LogP contribution in [0.25, 0.3) is 6.08 Å². The van der Waals surface area contributed by atoms with Gasteiger partial charge in [-0.05, 0) is 30.0 Å². The molecule has 160 valence electrons. The molecule has 1 amide bonds. The smallest absolute Gasteiger partial charge is 0.318 e. The number of carbonyl (C=O) groups excluding carboxylic acids is 1. The number of hydrogen-bond donors (Lipinski definition) is 1. The minimum atomic E-state index is -0.399. The number of anilines is 1. The quantitative estimate of drug-likeness (QED) is 0.572. The van der Waals surface area contributed by atoms with Crippen molar-refractivity contribution < 1.29 is 9.21 Å². The Labute approximate surface area is 183 Å². The fourth-order valence-electron chi connectivity index (χ4n) is 3.76. The van der Waals surface area contributed by atoms with Gasteiger partial charge in [0, 0.05) is 25.6 Å². The third-order valence-corrected chi connectivity index (χ3v) is 5.43. The van der Waals surface area contributed by atoms with Crippen LogP contribution >= 0.6 is 0 Å². The van der Waals surface area contributed by atoms with Crippen LogP contribution in [0.5, 0.6) is 0 Å². The van der Waals surface area contributed by atoms with E-state index in [1.165, 1.54) is 12.8 Å². The molecule has 1 atom stereocenters. The lowest BCUT2D eigenvalue weighted by molar-refractivity contribution is -0.117. The van der Waals surface area contributed by atoms with Crippen LogP contribution in [0, 0.1) is 0 Å². The van der Waals surface area contributed by atoms with Gasteiger partial charge in [0.05, 0.1) is 0 Å². The SMILES string of the molecule is O=C(C=Cc1ccccc1)NC(Cc1ccccc1)c1nnc(N2CCCCCC2)o1. The summed E-state index contributed by atoms with van der Waals surface area (Å²) < 4.78 is 6.04. The Morgan fingerprint density at radius 1 is 0.968 bits per heavy atom. The molecule has 1 aliphatic rings. The van der Waals surface area contributed by atoms with Crippen LogP contribution in [-0.2, 0) is 11.2 Å². The van der Waals surface area contributed by atoms with Crippen molar-refractivity contribution in [2.75, 3.05) is 18.0 Å². The van der Waals surface area contributed by atoms with Crippen molar-refractivity contribution in [1.29, 1.82) is 0 Å². The molecular formula is C25H28N4O2. The highest BCUT2D eigenvalue weighted by atomic mass is 16.4. The Morgan fingerprint density at radius 2 is 1.65 bits per heavy atom. The zero-order valence-corrected chi connectivity index (χ0v) is 17.6. The number of carbonyl (C=O) groups is 1. The predicted molar refractivity (Wildman–Crippen MR) is 121 cm³/mol. The summed E-state index contributed by atoms with van der Waals surface area (Å²) in [5.41, 5.74) is 2.06. The van der Waals surface area contributed by atoms with Gasteiger partial charge in [0.1, 0.15) is 6.04 Å². The molecule has 0 radical (unpaired) electrons.